The molecule has 0 spiro atoms. The molecule has 4 N–H and O–H groups in total. The normalized spacial score (nSPS) is 24.8. The number of hydrogen-bond donors (Lipinski definition) is 3. The lowest BCUT2D eigenvalue weighted by atomic mass is 9.84. The number of nitrogen functional groups attached to an aromatic ring is 1. The van der Waals surface area contributed by atoms with Gasteiger partial charge in [0.25, 0.3) is 11.8 Å². The van der Waals surface area contributed by atoms with Gasteiger partial charge in [0.05, 0.1) is 11.8 Å². The van der Waals surface area contributed by atoms with Crippen LogP contribution in [0.5, 0.6) is 5.88 Å². The van der Waals surface area contributed by atoms with E-state index in [9.17, 15) is 36.6 Å². The molecule has 1 aliphatic rings. The fourth-order valence-electron chi connectivity index (χ4n) is 3.68. The van der Waals surface area contributed by atoms with Crippen molar-refractivity contribution in [3.05, 3.63) is 17.5 Å². The molecule has 33 heavy (non-hydrogen) atoms. The summed E-state index contributed by atoms with van der Waals surface area (Å²) in [7, 11) is 0. The fraction of sp³-hybridized carbons (Fsp3) is 0.632. The van der Waals surface area contributed by atoms with Crippen LogP contribution in [0.3, 0.4) is 0 Å². The van der Waals surface area contributed by atoms with Gasteiger partial charge in [0, 0.05) is 6.61 Å². The molecule has 14 heteroatoms. The van der Waals surface area contributed by atoms with Gasteiger partial charge in [-0.25, -0.2) is 4.98 Å². The summed E-state index contributed by atoms with van der Waals surface area (Å²) in [5.74, 6) is -3.57. The Morgan fingerprint density at radius 3 is 2.48 bits per heavy atom. The Kier molecular flexibility index (Phi) is 6.80. The van der Waals surface area contributed by atoms with Crippen molar-refractivity contribution in [1.82, 2.24) is 15.2 Å². The minimum atomic E-state index is -5.22. The number of ether oxygens (including phenoxy) is 1. The first-order valence-corrected chi connectivity index (χ1v) is 10.0. The molecule has 0 radical (unpaired) electrons. The first-order valence-electron chi connectivity index (χ1n) is 10.0. The Labute approximate surface area is 183 Å². The molecule has 0 fully saturated rings. The molecule has 3 heterocycles. The number of hydrogen-bond acceptors (Lipinski definition) is 8. The standard InChI is InChI=1S/C19H22F6N4O4/c1-9-3-2-4-10(5-6-30)8-17(31,19(23,24)25)16-29-28-15(33-16)13-12(26)7-11(18(20,21)22)14(27-13)32-9/h7,9-10,30-31H,2-6,8,26H2,1H3/t9-,10?,17-/m1/s1. The zero-order valence-corrected chi connectivity index (χ0v) is 17.4. The number of pyridine rings is 1. The third-order valence-electron chi connectivity index (χ3n) is 5.43. The molecule has 0 amide bonds. The molecule has 0 saturated carbocycles. The summed E-state index contributed by atoms with van der Waals surface area (Å²) >= 11 is 0. The summed E-state index contributed by atoms with van der Waals surface area (Å²) in [6.07, 6.45) is -11.2. The van der Waals surface area contributed by atoms with E-state index in [1.807, 2.05) is 0 Å². The predicted molar refractivity (Wildman–Crippen MR) is 101 cm³/mol. The Bertz CT molecular complexity index is 980. The van der Waals surface area contributed by atoms with Crippen LogP contribution in [-0.4, -0.2) is 44.3 Å². The van der Waals surface area contributed by atoms with Gasteiger partial charge >= 0.3 is 12.4 Å². The molecule has 1 unspecified atom stereocenters. The number of aromatic nitrogens is 3. The lowest BCUT2D eigenvalue weighted by Gasteiger charge is -2.31. The quantitative estimate of drug-likeness (QED) is 0.549. The minimum Gasteiger partial charge on any atom is -0.474 e. The van der Waals surface area contributed by atoms with Gasteiger partial charge in [-0.3, -0.25) is 0 Å². The van der Waals surface area contributed by atoms with Crippen LogP contribution in [0.15, 0.2) is 10.5 Å². The summed E-state index contributed by atoms with van der Waals surface area (Å²) in [5, 5.41) is 26.6. The van der Waals surface area contributed by atoms with E-state index in [4.69, 9.17) is 14.9 Å². The number of rotatable bonds is 2. The van der Waals surface area contributed by atoms with Gasteiger partial charge in [-0.05, 0) is 44.6 Å². The highest BCUT2D eigenvalue weighted by Gasteiger charge is 2.59. The van der Waals surface area contributed by atoms with Crippen LogP contribution in [0.25, 0.3) is 11.6 Å². The summed E-state index contributed by atoms with van der Waals surface area (Å²) in [5.41, 5.74) is -0.260. The molecule has 0 aromatic carbocycles. The van der Waals surface area contributed by atoms with Gasteiger partial charge in [-0.1, -0.05) is 6.42 Å². The van der Waals surface area contributed by atoms with E-state index in [1.165, 1.54) is 6.92 Å². The van der Waals surface area contributed by atoms with E-state index in [0.29, 0.717) is 6.07 Å². The van der Waals surface area contributed by atoms with E-state index in [2.05, 4.69) is 15.2 Å². The molecule has 2 aromatic rings. The summed E-state index contributed by atoms with van der Waals surface area (Å²) in [6.45, 7) is 1.06. The van der Waals surface area contributed by atoms with E-state index in [1.54, 1.807) is 0 Å². The van der Waals surface area contributed by atoms with Gasteiger partial charge in [0.15, 0.2) is 5.69 Å². The first-order chi connectivity index (χ1) is 15.3. The maximum atomic E-state index is 13.9. The topological polar surface area (TPSA) is 128 Å². The van der Waals surface area contributed by atoms with Crippen molar-refractivity contribution in [2.75, 3.05) is 12.3 Å². The zero-order chi connectivity index (χ0) is 24.6. The predicted octanol–water partition coefficient (Wildman–Crippen LogP) is 3.82. The summed E-state index contributed by atoms with van der Waals surface area (Å²) < 4.78 is 92.6. The summed E-state index contributed by atoms with van der Waals surface area (Å²) in [4.78, 5) is 3.72. The smallest absolute Gasteiger partial charge is 0.426 e. The molecule has 1 aliphatic heterocycles. The molecule has 2 aromatic heterocycles. The number of fused-ring (bicyclic) bond motifs is 5. The molecule has 0 saturated heterocycles. The number of halogens is 6. The van der Waals surface area contributed by atoms with Crippen molar-refractivity contribution in [3.63, 3.8) is 0 Å². The van der Waals surface area contributed by atoms with Crippen molar-refractivity contribution in [2.45, 2.75) is 63.1 Å². The fourth-order valence-corrected chi connectivity index (χ4v) is 3.68. The molecule has 4 bridgehead atoms. The van der Waals surface area contributed by atoms with Gasteiger partial charge in [-0.15, -0.1) is 10.2 Å². The van der Waals surface area contributed by atoms with E-state index in [-0.39, 0.29) is 25.7 Å². The number of nitrogens with zero attached hydrogens (tertiary/aromatic N) is 3. The highest BCUT2D eigenvalue weighted by Crippen LogP contribution is 2.46. The molecule has 0 aliphatic carbocycles. The summed E-state index contributed by atoms with van der Waals surface area (Å²) in [6, 6.07) is 0.521. The average molecular weight is 484 g/mol. The average Bonchev–Trinajstić information content (AvgIpc) is 3.17. The van der Waals surface area contributed by atoms with Crippen LogP contribution in [0.2, 0.25) is 0 Å². The maximum absolute atomic E-state index is 13.9. The molecular weight excluding hydrogens is 462 g/mol. The van der Waals surface area contributed by atoms with Crippen LogP contribution in [-0.2, 0) is 11.8 Å². The van der Waals surface area contributed by atoms with E-state index >= 15 is 0 Å². The third kappa shape index (κ3) is 5.16. The van der Waals surface area contributed by atoms with Crippen LogP contribution in [0.1, 0.15) is 50.5 Å². The molecule has 184 valence electrons. The Balaban J connectivity index is 2.18. The van der Waals surface area contributed by atoms with Crippen molar-refractivity contribution >= 4 is 5.69 Å². The molecule has 3 rings (SSSR count). The van der Waals surface area contributed by atoms with Crippen molar-refractivity contribution in [2.24, 2.45) is 5.92 Å². The second-order valence-electron chi connectivity index (χ2n) is 7.99. The van der Waals surface area contributed by atoms with Gasteiger partial charge in [0.2, 0.25) is 11.5 Å². The highest BCUT2D eigenvalue weighted by molar-refractivity contribution is 5.68. The van der Waals surface area contributed by atoms with Crippen LogP contribution < -0.4 is 10.5 Å². The molecule has 3 atom stereocenters. The SMILES string of the molecule is C[C@@H]1CCCC(CCO)C[C@](O)(C(F)(F)F)c2nnc(o2)-c2nc(c(C(F)(F)F)cc2N)O1. The van der Waals surface area contributed by atoms with Crippen molar-refractivity contribution in [3.8, 4) is 17.5 Å². The second kappa shape index (κ2) is 8.97. The van der Waals surface area contributed by atoms with Crippen molar-refractivity contribution in [1.29, 1.82) is 0 Å². The van der Waals surface area contributed by atoms with Gasteiger partial charge < -0.3 is 25.1 Å². The van der Waals surface area contributed by atoms with Gasteiger partial charge in [-0.2, -0.15) is 26.3 Å². The second-order valence-corrected chi connectivity index (χ2v) is 7.99. The van der Waals surface area contributed by atoms with Crippen LogP contribution in [0, 0.1) is 5.92 Å². The van der Waals surface area contributed by atoms with Crippen LogP contribution >= 0.6 is 0 Å². The lowest BCUT2D eigenvalue weighted by Crippen LogP contribution is -2.44. The molecular formula is C19H22F6N4O4. The van der Waals surface area contributed by atoms with Gasteiger partial charge in [0.1, 0.15) is 5.56 Å². The van der Waals surface area contributed by atoms with Crippen molar-refractivity contribution < 1.29 is 45.7 Å². The lowest BCUT2D eigenvalue weighted by molar-refractivity contribution is -0.281. The highest BCUT2D eigenvalue weighted by atomic mass is 19.4. The number of alkyl halides is 6. The minimum absolute atomic E-state index is 0.0552. The maximum Gasteiger partial charge on any atom is 0.426 e. The zero-order valence-electron chi connectivity index (χ0n) is 17.4. The number of aliphatic hydroxyl groups excluding tert-OH is 1. The van der Waals surface area contributed by atoms with E-state index in [0.717, 1.165) is 0 Å². The Morgan fingerprint density at radius 1 is 1.18 bits per heavy atom. The Hall–Kier alpha value is -2.61. The first kappa shape index (κ1) is 25.0. The monoisotopic (exact) mass is 484 g/mol. The number of anilines is 1. The molecule has 8 nitrogen and oxygen atoms in total. The number of nitrogens with two attached hydrogens (primary N) is 1. The Morgan fingerprint density at radius 2 is 1.88 bits per heavy atom. The third-order valence-corrected chi connectivity index (χ3v) is 5.43. The van der Waals surface area contributed by atoms with Crippen LogP contribution in [0.4, 0.5) is 32.0 Å². The largest absolute Gasteiger partial charge is 0.474 e. The van der Waals surface area contributed by atoms with E-state index < -0.39 is 77.6 Å². The number of aliphatic hydroxyl groups is 2.